The summed E-state index contributed by atoms with van der Waals surface area (Å²) in [5, 5.41) is 0. The molecular weight excluding hydrogens is 432 g/mol. The first-order valence-electron chi connectivity index (χ1n) is 8.63. The molecule has 0 amide bonds. The molecule has 0 bridgehead atoms. The molecule has 0 aliphatic heterocycles. The van der Waals surface area contributed by atoms with E-state index in [1.54, 1.807) is 0 Å². The fourth-order valence-electron chi connectivity index (χ4n) is 3.01. The average molecular weight is 452 g/mol. The van der Waals surface area contributed by atoms with Crippen LogP contribution in [0.3, 0.4) is 0 Å². The summed E-state index contributed by atoms with van der Waals surface area (Å²) >= 11 is -3.38. The van der Waals surface area contributed by atoms with Crippen molar-refractivity contribution in [1.82, 2.24) is 0 Å². The van der Waals surface area contributed by atoms with Gasteiger partial charge < -0.3 is 0 Å². The maximum absolute atomic E-state index is 6.95. The molecule has 0 spiro atoms. The summed E-state index contributed by atoms with van der Waals surface area (Å²) in [5.74, 6) is 0.922. The van der Waals surface area contributed by atoms with Gasteiger partial charge in [-0.1, -0.05) is 0 Å². The van der Waals surface area contributed by atoms with Crippen LogP contribution >= 0.6 is 0 Å². The van der Waals surface area contributed by atoms with Crippen LogP contribution in [0.4, 0.5) is 0 Å². The summed E-state index contributed by atoms with van der Waals surface area (Å²) in [6.07, 6.45) is 0. The zero-order valence-electron chi connectivity index (χ0n) is 14.4. The fourth-order valence-corrected chi connectivity index (χ4v) is 11.9. The Kier molecular flexibility index (Phi) is 5.07. The van der Waals surface area contributed by atoms with Crippen molar-refractivity contribution in [1.29, 1.82) is 0 Å². The van der Waals surface area contributed by atoms with Crippen molar-refractivity contribution < 1.29 is 3.10 Å². The van der Waals surface area contributed by atoms with Gasteiger partial charge >= 0.3 is 160 Å². The number of para-hydroxylation sites is 1. The molecule has 0 saturated carbocycles. The van der Waals surface area contributed by atoms with Gasteiger partial charge in [0.15, 0.2) is 0 Å². The zero-order chi connectivity index (χ0) is 17.7. The van der Waals surface area contributed by atoms with Crippen LogP contribution < -0.4 is 13.9 Å². The Hall–Kier alpha value is -2.53. The molecule has 0 fully saturated rings. The standard InChI is InChI=1S/C24H20OTe/c1-5-13-21(14-6-1)25-26(22-15-7-2-8-16-22,23-17-9-3-10-18-23)24-19-11-4-12-20-24/h1-20H. The summed E-state index contributed by atoms with van der Waals surface area (Å²) in [7, 11) is 0. The Morgan fingerprint density at radius 2 is 0.692 bits per heavy atom. The summed E-state index contributed by atoms with van der Waals surface area (Å²) in [6, 6.07) is 42.3. The second kappa shape index (κ2) is 7.79. The van der Waals surface area contributed by atoms with Crippen LogP contribution in [0.1, 0.15) is 0 Å². The van der Waals surface area contributed by atoms with Gasteiger partial charge in [0.25, 0.3) is 0 Å². The molecule has 0 N–H and O–H groups in total. The van der Waals surface area contributed by atoms with Crippen molar-refractivity contribution in [3.05, 3.63) is 121 Å². The first-order chi connectivity index (χ1) is 12.9. The number of rotatable bonds is 5. The molecule has 128 valence electrons. The predicted molar refractivity (Wildman–Crippen MR) is 111 cm³/mol. The zero-order valence-corrected chi connectivity index (χ0v) is 16.7. The summed E-state index contributed by atoms with van der Waals surface area (Å²) in [4.78, 5) is 0. The molecule has 0 aliphatic rings. The van der Waals surface area contributed by atoms with Crippen LogP contribution in [0.2, 0.25) is 0 Å². The van der Waals surface area contributed by atoms with E-state index in [0.29, 0.717) is 0 Å². The molecule has 0 radical (unpaired) electrons. The Morgan fingerprint density at radius 1 is 0.385 bits per heavy atom. The van der Waals surface area contributed by atoms with Crippen molar-refractivity contribution in [2.75, 3.05) is 0 Å². The van der Waals surface area contributed by atoms with Crippen LogP contribution in [0.25, 0.3) is 0 Å². The van der Waals surface area contributed by atoms with Crippen LogP contribution in [0.5, 0.6) is 5.75 Å². The van der Waals surface area contributed by atoms with Gasteiger partial charge in [0, 0.05) is 0 Å². The monoisotopic (exact) mass is 454 g/mol. The number of benzene rings is 4. The van der Waals surface area contributed by atoms with Crippen LogP contribution in [0.15, 0.2) is 121 Å². The van der Waals surface area contributed by atoms with Gasteiger partial charge in [-0.25, -0.2) is 0 Å². The Balaban J connectivity index is 2.00. The van der Waals surface area contributed by atoms with Crippen molar-refractivity contribution in [2.24, 2.45) is 0 Å². The molecule has 26 heavy (non-hydrogen) atoms. The van der Waals surface area contributed by atoms with Gasteiger partial charge in [0.2, 0.25) is 0 Å². The van der Waals surface area contributed by atoms with Crippen molar-refractivity contribution >= 4 is 29.4 Å². The molecule has 0 aromatic heterocycles. The van der Waals surface area contributed by atoms with Gasteiger partial charge in [0.05, 0.1) is 0 Å². The van der Waals surface area contributed by atoms with E-state index in [-0.39, 0.29) is 0 Å². The topological polar surface area (TPSA) is 9.23 Å². The molecule has 2 heteroatoms. The summed E-state index contributed by atoms with van der Waals surface area (Å²) in [5.41, 5.74) is 0. The van der Waals surface area contributed by atoms with E-state index in [1.165, 1.54) is 10.8 Å². The van der Waals surface area contributed by atoms with Crippen molar-refractivity contribution in [3.8, 4) is 5.75 Å². The van der Waals surface area contributed by atoms with E-state index in [4.69, 9.17) is 3.10 Å². The van der Waals surface area contributed by atoms with Crippen LogP contribution in [-0.2, 0) is 0 Å². The first-order valence-corrected chi connectivity index (χ1v) is 13.1. The quantitative estimate of drug-likeness (QED) is 0.420. The van der Waals surface area contributed by atoms with Gasteiger partial charge in [-0.3, -0.25) is 0 Å². The second-order valence-electron chi connectivity index (χ2n) is 5.89. The van der Waals surface area contributed by atoms with E-state index >= 15 is 0 Å². The predicted octanol–water partition coefficient (Wildman–Crippen LogP) is 3.73. The Labute approximate surface area is 159 Å². The van der Waals surface area contributed by atoms with E-state index in [2.05, 4.69) is 103 Å². The van der Waals surface area contributed by atoms with Gasteiger partial charge in [0.1, 0.15) is 0 Å². The molecule has 1 nitrogen and oxygen atoms in total. The van der Waals surface area contributed by atoms with Crippen molar-refractivity contribution in [3.63, 3.8) is 0 Å². The molecule has 4 aromatic carbocycles. The van der Waals surface area contributed by atoms with E-state index < -0.39 is 18.6 Å². The molecular formula is C24H20OTe. The third-order valence-electron chi connectivity index (χ3n) is 4.19. The van der Waals surface area contributed by atoms with E-state index in [1.807, 2.05) is 18.2 Å². The number of hydrogen-bond donors (Lipinski definition) is 0. The number of hydrogen-bond acceptors (Lipinski definition) is 1. The SMILES string of the molecule is c1ccc(O[Te](c2ccccc2)(c2ccccc2)c2ccccc2)cc1. The molecule has 0 aliphatic carbocycles. The normalized spacial score (nSPS) is 11.7. The molecule has 4 rings (SSSR count). The Bertz CT molecular complexity index is 842. The molecule has 0 atom stereocenters. The molecule has 4 aromatic rings. The first kappa shape index (κ1) is 16.9. The van der Waals surface area contributed by atoms with Gasteiger partial charge in [-0.2, -0.15) is 0 Å². The van der Waals surface area contributed by atoms with Crippen molar-refractivity contribution in [2.45, 2.75) is 0 Å². The summed E-state index contributed by atoms with van der Waals surface area (Å²) in [6.45, 7) is 0. The summed E-state index contributed by atoms with van der Waals surface area (Å²) < 4.78 is 10.8. The maximum atomic E-state index is 6.95. The second-order valence-corrected chi connectivity index (χ2v) is 13.6. The third kappa shape index (κ3) is 3.27. The van der Waals surface area contributed by atoms with E-state index in [9.17, 15) is 0 Å². The van der Waals surface area contributed by atoms with Gasteiger partial charge in [-0.15, -0.1) is 0 Å². The average Bonchev–Trinajstić information content (AvgIpc) is 2.75. The van der Waals surface area contributed by atoms with Gasteiger partial charge in [-0.05, 0) is 0 Å². The molecule has 0 unspecified atom stereocenters. The molecule has 0 saturated heterocycles. The van der Waals surface area contributed by atoms with Crippen LogP contribution in [-0.4, -0.2) is 18.6 Å². The molecule has 0 heterocycles. The minimum absolute atomic E-state index is 0.922. The van der Waals surface area contributed by atoms with Crippen LogP contribution in [0, 0.1) is 0 Å². The Morgan fingerprint density at radius 3 is 1.04 bits per heavy atom. The van der Waals surface area contributed by atoms with E-state index in [0.717, 1.165) is 5.75 Å². The third-order valence-corrected chi connectivity index (χ3v) is 13.5. The fraction of sp³-hybridized carbons (Fsp3) is 0. The minimum atomic E-state index is -3.38.